The highest BCUT2D eigenvalue weighted by molar-refractivity contribution is 7.89. The monoisotopic (exact) mass is 376 g/mol. The van der Waals surface area contributed by atoms with E-state index in [1.54, 1.807) is 28.6 Å². The Labute approximate surface area is 154 Å². The van der Waals surface area contributed by atoms with Crippen molar-refractivity contribution in [1.82, 2.24) is 9.21 Å². The van der Waals surface area contributed by atoms with Crippen LogP contribution in [0.5, 0.6) is 0 Å². The molecule has 0 aliphatic carbocycles. The zero-order valence-electron chi connectivity index (χ0n) is 13.9. The van der Waals surface area contributed by atoms with E-state index >= 15 is 0 Å². The van der Waals surface area contributed by atoms with Gasteiger partial charge >= 0.3 is 0 Å². The number of rotatable bonds is 3. The summed E-state index contributed by atoms with van der Waals surface area (Å²) in [5.41, 5.74) is 2.79. The zero-order valence-corrected chi connectivity index (χ0v) is 15.5. The Balaban J connectivity index is 1.47. The zero-order chi connectivity index (χ0) is 17.4. The minimum atomic E-state index is -3.44. The largest absolute Gasteiger partial charge is 0.294 e. The molecule has 2 aliphatic rings. The molecule has 4 nitrogen and oxygen atoms in total. The maximum atomic E-state index is 12.8. The number of nitrogens with zero attached hydrogens (tertiary/aromatic N) is 2. The normalized spacial score (nSPS) is 22.0. The fourth-order valence-corrected chi connectivity index (χ4v) is 5.43. The van der Waals surface area contributed by atoms with Gasteiger partial charge in [-0.25, -0.2) is 8.42 Å². The van der Waals surface area contributed by atoms with Crippen molar-refractivity contribution in [1.29, 1.82) is 0 Å². The number of benzene rings is 2. The Morgan fingerprint density at radius 2 is 1.68 bits per heavy atom. The van der Waals surface area contributed by atoms with Crippen molar-refractivity contribution in [2.45, 2.75) is 30.3 Å². The molecule has 0 saturated carbocycles. The molecule has 25 heavy (non-hydrogen) atoms. The van der Waals surface area contributed by atoms with Gasteiger partial charge in [0.15, 0.2) is 0 Å². The molecule has 1 atom stereocenters. The van der Waals surface area contributed by atoms with Crippen LogP contribution in [0.15, 0.2) is 53.4 Å². The average Bonchev–Trinajstić information content (AvgIpc) is 3.13. The Morgan fingerprint density at radius 3 is 2.44 bits per heavy atom. The smallest absolute Gasteiger partial charge is 0.243 e. The van der Waals surface area contributed by atoms with Crippen LogP contribution >= 0.6 is 11.6 Å². The molecule has 0 amide bonds. The van der Waals surface area contributed by atoms with Crippen molar-refractivity contribution < 1.29 is 8.42 Å². The summed E-state index contributed by atoms with van der Waals surface area (Å²) in [5, 5.41) is 0.547. The number of fused-ring (bicyclic) bond motifs is 1. The van der Waals surface area contributed by atoms with Crippen molar-refractivity contribution in [3.05, 3.63) is 64.7 Å². The molecule has 132 valence electrons. The summed E-state index contributed by atoms with van der Waals surface area (Å²) in [6.45, 7) is 3.05. The lowest BCUT2D eigenvalue weighted by Crippen LogP contribution is -2.41. The molecule has 0 N–H and O–H groups in total. The van der Waals surface area contributed by atoms with Gasteiger partial charge in [-0.1, -0.05) is 35.9 Å². The van der Waals surface area contributed by atoms with Gasteiger partial charge in [-0.3, -0.25) is 4.90 Å². The molecular weight excluding hydrogens is 356 g/mol. The average molecular weight is 377 g/mol. The van der Waals surface area contributed by atoms with Gasteiger partial charge in [-0.2, -0.15) is 4.31 Å². The Bertz CT molecular complexity index is 867. The van der Waals surface area contributed by atoms with Gasteiger partial charge in [-0.05, 0) is 48.2 Å². The summed E-state index contributed by atoms with van der Waals surface area (Å²) in [7, 11) is -3.44. The lowest BCUT2D eigenvalue weighted by molar-refractivity contribution is 0.185. The van der Waals surface area contributed by atoms with Gasteiger partial charge in [0, 0.05) is 37.2 Å². The molecule has 0 unspecified atom stereocenters. The fourth-order valence-electron chi connectivity index (χ4n) is 3.81. The third-order valence-electron chi connectivity index (χ3n) is 5.25. The molecule has 4 rings (SSSR count). The van der Waals surface area contributed by atoms with Crippen LogP contribution in [0.25, 0.3) is 0 Å². The molecule has 0 bridgehead atoms. The van der Waals surface area contributed by atoms with Crippen molar-refractivity contribution in [3.8, 4) is 0 Å². The molecule has 2 aromatic rings. The van der Waals surface area contributed by atoms with Crippen LogP contribution in [0.3, 0.4) is 0 Å². The van der Waals surface area contributed by atoms with Crippen LogP contribution in [-0.2, 0) is 23.0 Å². The highest BCUT2D eigenvalue weighted by Gasteiger charge is 2.36. The van der Waals surface area contributed by atoms with E-state index in [1.807, 2.05) is 0 Å². The summed E-state index contributed by atoms with van der Waals surface area (Å²) in [6, 6.07) is 15.3. The van der Waals surface area contributed by atoms with Crippen molar-refractivity contribution in [2.24, 2.45) is 0 Å². The molecule has 2 aliphatic heterocycles. The van der Waals surface area contributed by atoms with Crippen LogP contribution in [0, 0.1) is 0 Å². The predicted molar refractivity (Wildman–Crippen MR) is 99.2 cm³/mol. The number of halogens is 1. The second kappa shape index (κ2) is 6.72. The standard InChI is InChI=1S/C19H21ClN2O2S/c20-17-5-7-19(8-6-17)25(23,24)22-12-10-18(14-22)21-11-9-15-3-1-2-4-16(15)13-21/h1-8,18H,9-14H2/t18-/m1/s1. The second-order valence-electron chi connectivity index (χ2n) is 6.75. The topological polar surface area (TPSA) is 40.6 Å². The second-order valence-corrected chi connectivity index (χ2v) is 9.12. The van der Waals surface area contributed by atoms with Gasteiger partial charge < -0.3 is 0 Å². The van der Waals surface area contributed by atoms with E-state index in [-0.39, 0.29) is 6.04 Å². The molecule has 0 spiro atoms. The van der Waals surface area contributed by atoms with Gasteiger partial charge in [-0.15, -0.1) is 0 Å². The van der Waals surface area contributed by atoms with E-state index in [0.29, 0.717) is 23.0 Å². The van der Waals surface area contributed by atoms with Crippen molar-refractivity contribution in [2.75, 3.05) is 19.6 Å². The summed E-state index contributed by atoms with van der Waals surface area (Å²) in [5.74, 6) is 0. The summed E-state index contributed by atoms with van der Waals surface area (Å²) < 4.78 is 27.3. The maximum absolute atomic E-state index is 12.8. The highest BCUT2D eigenvalue weighted by atomic mass is 35.5. The van der Waals surface area contributed by atoms with Crippen LogP contribution in [0.1, 0.15) is 17.5 Å². The molecule has 6 heteroatoms. The van der Waals surface area contributed by atoms with E-state index in [2.05, 4.69) is 29.2 Å². The molecular formula is C19H21ClN2O2S. The Morgan fingerprint density at radius 1 is 0.960 bits per heavy atom. The van der Waals surface area contributed by atoms with E-state index in [1.165, 1.54) is 11.1 Å². The van der Waals surface area contributed by atoms with Gasteiger partial charge in [0.25, 0.3) is 0 Å². The first-order chi connectivity index (χ1) is 12.0. The number of sulfonamides is 1. The van der Waals surface area contributed by atoms with Crippen molar-refractivity contribution in [3.63, 3.8) is 0 Å². The van der Waals surface area contributed by atoms with E-state index < -0.39 is 10.0 Å². The molecule has 0 radical (unpaired) electrons. The number of hydrogen-bond acceptors (Lipinski definition) is 3. The summed E-state index contributed by atoms with van der Waals surface area (Å²) in [6.07, 6.45) is 1.92. The van der Waals surface area contributed by atoms with Gasteiger partial charge in [0.1, 0.15) is 0 Å². The molecule has 2 aromatic carbocycles. The first-order valence-corrected chi connectivity index (χ1v) is 10.4. The Hall–Kier alpha value is -1.40. The first kappa shape index (κ1) is 17.0. The molecule has 0 aromatic heterocycles. The third-order valence-corrected chi connectivity index (χ3v) is 7.39. The maximum Gasteiger partial charge on any atom is 0.243 e. The van der Waals surface area contributed by atoms with Crippen LogP contribution in [0.4, 0.5) is 0 Å². The summed E-state index contributed by atoms with van der Waals surface area (Å²) >= 11 is 5.87. The predicted octanol–water partition coefficient (Wildman–Crippen LogP) is 3.16. The van der Waals surface area contributed by atoms with Gasteiger partial charge in [0.2, 0.25) is 10.0 Å². The number of hydrogen-bond donors (Lipinski definition) is 0. The quantitative estimate of drug-likeness (QED) is 0.826. The highest BCUT2D eigenvalue weighted by Crippen LogP contribution is 2.28. The van der Waals surface area contributed by atoms with E-state index in [9.17, 15) is 8.42 Å². The minimum absolute atomic E-state index is 0.287. The summed E-state index contributed by atoms with van der Waals surface area (Å²) in [4.78, 5) is 2.75. The van der Waals surface area contributed by atoms with Gasteiger partial charge in [0.05, 0.1) is 4.90 Å². The lowest BCUT2D eigenvalue weighted by atomic mass is 9.98. The Kier molecular flexibility index (Phi) is 4.58. The van der Waals surface area contributed by atoms with E-state index in [4.69, 9.17) is 11.6 Å². The van der Waals surface area contributed by atoms with E-state index in [0.717, 1.165) is 25.9 Å². The molecule has 2 heterocycles. The molecule has 1 saturated heterocycles. The van der Waals surface area contributed by atoms with Crippen LogP contribution in [0.2, 0.25) is 5.02 Å². The lowest BCUT2D eigenvalue weighted by Gasteiger charge is -2.33. The van der Waals surface area contributed by atoms with Crippen LogP contribution < -0.4 is 0 Å². The van der Waals surface area contributed by atoms with Crippen LogP contribution in [-0.4, -0.2) is 43.3 Å². The molecule has 1 fully saturated rings. The minimum Gasteiger partial charge on any atom is -0.294 e. The SMILES string of the molecule is O=S(=O)(c1ccc(Cl)cc1)N1CC[C@@H](N2CCc3ccccc3C2)C1. The van der Waals surface area contributed by atoms with Crippen molar-refractivity contribution >= 4 is 21.6 Å². The fraction of sp³-hybridized carbons (Fsp3) is 0.368. The first-order valence-electron chi connectivity index (χ1n) is 8.60. The third kappa shape index (κ3) is 3.34.